The van der Waals surface area contributed by atoms with Gasteiger partial charge in [0.05, 0.1) is 18.1 Å². The summed E-state index contributed by atoms with van der Waals surface area (Å²) < 4.78 is 4.55. The van der Waals surface area contributed by atoms with Crippen molar-refractivity contribution in [3.05, 3.63) is 34.7 Å². The Bertz CT molecular complexity index is 742. The van der Waals surface area contributed by atoms with Crippen molar-refractivity contribution in [2.45, 2.75) is 13.0 Å². The van der Waals surface area contributed by atoms with Crippen molar-refractivity contribution in [2.75, 3.05) is 12.0 Å². The number of hydrazone groups is 1. The second-order valence-electron chi connectivity index (χ2n) is 5.15. The van der Waals surface area contributed by atoms with Crippen LogP contribution in [-0.2, 0) is 19.1 Å². The summed E-state index contributed by atoms with van der Waals surface area (Å²) in [6, 6.07) is 5.46. The first-order chi connectivity index (χ1) is 11.0. The Morgan fingerprint density at radius 3 is 2.43 bits per heavy atom. The minimum absolute atomic E-state index is 0.301. The number of imide groups is 1. The number of hydrogen-bond donors (Lipinski definition) is 0. The van der Waals surface area contributed by atoms with Crippen LogP contribution < -0.4 is 4.90 Å². The van der Waals surface area contributed by atoms with Crippen molar-refractivity contribution in [2.24, 2.45) is 16.3 Å². The number of aryl methyl sites for hydroxylation is 1. The number of nitrogens with zero attached hydrogens (tertiary/aromatic N) is 4. The minimum atomic E-state index is -1.25. The van der Waals surface area contributed by atoms with Gasteiger partial charge >= 0.3 is 5.97 Å². The maximum atomic E-state index is 12.6. The monoisotopic (exact) mass is 316 g/mol. The molecule has 0 radical (unpaired) electrons. The molecule has 2 atom stereocenters. The van der Waals surface area contributed by atoms with Crippen molar-refractivity contribution in [3.63, 3.8) is 0 Å². The van der Waals surface area contributed by atoms with Crippen molar-refractivity contribution in [3.8, 4) is 0 Å². The summed E-state index contributed by atoms with van der Waals surface area (Å²) in [5, 5.41) is 6.79. The number of ether oxygens (including phenoxy) is 1. The third-order valence-electron chi connectivity index (χ3n) is 3.80. The summed E-state index contributed by atoms with van der Waals surface area (Å²) in [4.78, 5) is 48.7. The van der Waals surface area contributed by atoms with Gasteiger partial charge in [0.2, 0.25) is 5.91 Å². The number of anilines is 1. The van der Waals surface area contributed by atoms with Crippen LogP contribution in [0.2, 0.25) is 0 Å². The topological polar surface area (TPSA) is 109 Å². The molecule has 9 heteroatoms. The molecule has 1 aromatic carbocycles. The van der Waals surface area contributed by atoms with Crippen molar-refractivity contribution >= 4 is 29.2 Å². The average Bonchev–Trinajstić information content (AvgIpc) is 3.05. The predicted molar refractivity (Wildman–Crippen MR) is 78.0 cm³/mol. The number of amides is 2. The van der Waals surface area contributed by atoms with E-state index in [0.717, 1.165) is 17.6 Å². The first kappa shape index (κ1) is 14.8. The number of carbonyl (C=O) groups is 3. The van der Waals surface area contributed by atoms with Gasteiger partial charge in [-0.3, -0.25) is 9.59 Å². The Hall–Kier alpha value is -3.10. The largest absolute Gasteiger partial charge is 0.464 e. The van der Waals surface area contributed by atoms with Crippen LogP contribution >= 0.6 is 0 Å². The maximum Gasteiger partial charge on any atom is 0.355 e. The predicted octanol–water partition coefficient (Wildman–Crippen LogP) is 0.379. The standard InChI is InChI=1S/C14H12N4O5/c1-7-3-5-8(6-4-7)17-12(19)9-10(14(21)23-2)15-18(16-22)11(9)13(17)20/h3-6,9,11H,1-2H3/t9-,11-/m0/s1. The normalized spacial score (nSPS) is 23.0. The smallest absolute Gasteiger partial charge is 0.355 e. The van der Waals surface area contributed by atoms with Crippen LogP contribution in [0.1, 0.15) is 5.56 Å². The number of fused-ring (bicyclic) bond motifs is 1. The maximum absolute atomic E-state index is 12.6. The summed E-state index contributed by atoms with van der Waals surface area (Å²) in [6.07, 6.45) is 0. The van der Waals surface area contributed by atoms with E-state index in [1.165, 1.54) is 0 Å². The summed E-state index contributed by atoms with van der Waals surface area (Å²) in [6.45, 7) is 1.87. The second kappa shape index (κ2) is 5.27. The first-order valence-electron chi connectivity index (χ1n) is 6.73. The van der Waals surface area contributed by atoms with Gasteiger partial charge in [-0.2, -0.15) is 0 Å². The minimum Gasteiger partial charge on any atom is -0.464 e. The van der Waals surface area contributed by atoms with Gasteiger partial charge < -0.3 is 4.74 Å². The fraction of sp³-hybridized carbons (Fsp3) is 0.286. The lowest BCUT2D eigenvalue weighted by Crippen LogP contribution is -2.36. The lowest BCUT2D eigenvalue weighted by molar-refractivity contribution is -0.133. The zero-order chi connectivity index (χ0) is 16.7. The van der Waals surface area contributed by atoms with Crippen LogP contribution in [0.4, 0.5) is 5.69 Å². The zero-order valence-electron chi connectivity index (χ0n) is 12.3. The lowest BCUT2D eigenvalue weighted by Gasteiger charge is -2.16. The van der Waals surface area contributed by atoms with E-state index >= 15 is 0 Å². The molecule has 0 N–H and O–H groups in total. The highest BCUT2D eigenvalue weighted by molar-refractivity contribution is 6.46. The van der Waals surface area contributed by atoms with E-state index in [9.17, 15) is 19.3 Å². The van der Waals surface area contributed by atoms with E-state index in [2.05, 4.69) is 15.1 Å². The molecular weight excluding hydrogens is 304 g/mol. The zero-order valence-corrected chi connectivity index (χ0v) is 12.3. The third kappa shape index (κ3) is 2.08. The molecule has 0 aromatic heterocycles. The average molecular weight is 316 g/mol. The third-order valence-corrected chi connectivity index (χ3v) is 3.80. The molecule has 2 aliphatic rings. The van der Waals surface area contributed by atoms with Gasteiger partial charge in [-0.25, -0.2) is 9.69 Å². The van der Waals surface area contributed by atoms with Crippen LogP contribution in [0.25, 0.3) is 0 Å². The van der Waals surface area contributed by atoms with E-state index in [0.29, 0.717) is 10.8 Å². The van der Waals surface area contributed by atoms with Crippen LogP contribution in [0.15, 0.2) is 34.7 Å². The van der Waals surface area contributed by atoms with E-state index in [1.807, 2.05) is 6.92 Å². The molecule has 23 heavy (non-hydrogen) atoms. The second-order valence-corrected chi connectivity index (χ2v) is 5.15. The molecule has 2 amide bonds. The van der Waals surface area contributed by atoms with Gasteiger partial charge in [0.25, 0.3) is 5.91 Å². The number of nitroso groups, excluding NO2 is 1. The highest BCUT2D eigenvalue weighted by atomic mass is 16.5. The first-order valence-corrected chi connectivity index (χ1v) is 6.73. The lowest BCUT2D eigenvalue weighted by atomic mass is 9.98. The van der Waals surface area contributed by atoms with Crippen molar-refractivity contribution < 1.29 is 19.1 Å². The molecule has 2 heterocycles. The molecule has 0 bridgehead atoms. The molecule has 1 aromatic rings. The molecular formula is C14H12N4O5. The fourth-order valence-electron chi connectivity index (χ4n) is 2.68. The molecule has 2 aliphatic heterocycles. The Kier molecular flexibility index (Phi) is 3.40. The number of hydrogen-bond acceptors (Lipinski definition) is 7. The molecule has 0 saturated carbocycles. The van der Waals surface area contributed by atoms with E-state index in [4.69, 9.17) is 0 Å². The summed E-state index contributed by atoms with van der Waals surface area (Å²) in [5.74, 6) is -3.38. The Labute approximate surface area is 130 Å². The summed E-state index contributed by atoms with van der Waals surface area (Å²) in [5.41, 5.74) is 1.01. The quantitative estimate of drug-likeness (QED) is 0.453. The molecule has 1 saturated heterocycles. The number of esters is 1. The summed E-state index contributed by atoms with van der Waals surface area (Å²) in [7, 11) is 1.12. The van der Waals surface area contributed by atoms with Gasteiger partial charge in [0.1, 0.15) is 5.92 Å². The van der Waals surface area contributed by atoms with E-state index < -0.39 is 29.7 Å². The molecule has 1 fully saturated rings. The number of benzene rings is 1. The highest BCUT2D eigenvalue weighted by Gasteiger charge is 2.59. The van der Waals surface area contributed by atoms with Gasteiger partial charge in [0.15, 0.2) is 11.8 Å². The van der Waals surface area contributed by atoms with Crippen LogP contribution in [-0.4, -0.2) is 41.8 Å². The fourth-order valence-corrected chi connectivity index (χ4v) is 2.68. The molecule has 0 unspecified atom stereocenters. The molecule has 3 rings (SSSR count). The van der Waals surface area contributed by atoms with Crippen LogP contribution in [0, 0.1) is 17.7 Å². The molecule has 118 valence electrons. The molecule has 9 nitrogen and oxygen atoms in total. The van der Waals surface area contributed by atoms with Crippen LogP contribution in [0.3, 0.4) is 0 Å². The SMILES string of the molecule is COC(=O)C1=NN(N=O)[C@@H]2C(=O)N(c3ccc(C)cc3)C(=O)[C@@H]12. The van der Waals surface area contributed by atoms with Gasteiger partial charge in [-0.05, 0) is 19.1 Å². The van der Waals surface area contributed by atoms with Crippen molar-refractivity contribution in [1.29, 1.82) is 0 Å². The molecule has 0 spiro atoms. The van der Waals surface area contributed by atoms with E-state index in [1.54, 1.807) is 24.3 Å². The van der Waals surface area contributed by atoms with Crippen molar-refractivity contribution in [1.82, 2.24) is 5.12 Å². The van der Waals surface area contributed by atoms with Crippen LogP contribution in [0.5, 0.6) is 0 Å². The Balaban J connectivity index is 2.03. The van der Waals surface area contributed by atoms with Gasteiger partial charge in [-0.15, -0.1) is 15.1 Å². The summed E-state index contributed by atoms with van der Waals surface area (Å²) >= 11 is 0. The Morgan fingerprint density at radius 2 is 1.87 bits per heavy atom. The van der Waals surface area contributed by atoms with E-state index in [-0.39, 0.29) is 5.71 Å². The van der Waals surface area contributed by atoms with Gasteiger partial charge in [0, 0.05) is 0 Å². The number of rotatable bonds is 3. The van der Waals surface area contributed by atoms with Gasteiger partial charge in [-0.1, -0.05) is 17.7 Å². The highest BCUT2D eigenvalue weighted by Crippen LogP contribution is 2.35. The number of carbonyl (C=O) groups excluding carboxylic acids is 3. The number of methoxy groups -OCH3 is 1. The Morgan fingerprint density at radius 1 is 1.22 bits per heavy atom. The molecule has 0 aliphatic carbocycles.